The normalized spacial score (nSPS) is 11.5. The average Bonchev–Trinajstić information content (AvgIpc) is 3.07. The maximum atomic E-state index is 10.1. The lowest BCUT2D eigenvalue weighted by atomic mass is 10.2. The lowest BCUT2D eigenvalue weighted by Crippen LogP contribution is -1.84. The lowest BCUT2D eigenvalue weighted by molar-refractivity contribution is 0.471. The van der Waals surface area contributed by atoms with Gasteiger partial charge in [-0.15, -0.1) is 0 Å². The van der Waals surface area contributed by atoms with Crippen LogP contribution in [0.25, 0.3) is 22.6 Å². The molecular weight excluding hydrogens is 451 g/mol. The Hall–Kier alpha value is -2.34. The number of nitrogens with zero attached hydrogens (tertiary/aromatic N) is 2. The van der Waals surface area contributed by atoms with Gasteiger partial charge in [-0.1, -0.05) is 23.2 Å². The minimum atomic E-state index is 0.0879. The highest BCUT2D eigenvalue weighted by Crippen LogP contribution is 2.31. The summed E-state index contributed by atoms with van der Waals surface area (Å²) in [6, 6.07) is 16.0. The van der Waals surface area contributed by atoms with E-state index in [0.29, 0.717) is 42.8 Å². The first-order valence-electron chi connectivity index (χ1n) is 7.88. The van der Waals surface area contributed by atoms with E-state index < -0.39 is 0 Å². The van der Waals surface area contributed by atoms with Gasteiger partial charge < -0.3 is 9.52 Å². The van der Waals surface area contributed by atoms with Gasteiger partial charge in [0.2, 0.25) is 5.89 Å². The molecule has 4 nitrogen and oxygen atoms in total. The van der Waals surface area contributed by atoms with Crippen LogP contribution in [0, 0.1) is 0 Å². The molecule has 1 aromatic heterocycles. The standard InChI is InChI=1S/C20H11BrCl2N2O2/c21-16-8-14(23)7-12(19(16)26)10-24-15-4-1-11(2-5-15)20-25-17-9-13(22)3-6-18(17)27-20/h1-10,26H. The molecule has 0 aliphatic heterocycles. The van der Waals surface area contributed by atoms with Gasteiger partial charge in [0.25, 0.3) is 0 Å². The number of hydrogen-bond acceptors (Lipinski definition) is 4. The zero-order chi connectivity index (χ0) is 19.0. The maximum Gasteiger partial charge on any atom is 0.227 e. The Morgan fingerprint density at radius 1 is 1.00 bits per heavy atom. The van der Waals surface area contributed by atoms with Gasteiger partial charge in [0.05, 0.1) is 10.2 Å². The molecule has 0 fully saturated rings. The van der Waals surface area contributed by atoms with E-state index in [2.05, 4.69) is 25.9 Å². The van der Waals surface area contributed by atoms with Gasteiger partial charge in [-0.25, -0.2) is 4.98 Å². The van der Waals surface area contributed by atoms with Gasteiger partial charge in [0.1, 0.15) is 11.3 Å². The fraction of sp³-hybridized carbons (Fsp3) is 0. The number of aromatic hydroxyl groups is 1. The molecule has 0 unspecified atom stereocenters. The predicted octanol–water partition coefficient (Wildman–Crippen LogP) is 7.02. The van der Waals surface area contributed by atoms with E-state index in [0.717, 1.165) is 5.56 Å². The van der Waals surface area contributed by atoms with E-state index in [-0.39, 0.29) is 5.75 Å². The second-order valence-electron chi connectivity index (χ2n) is 5.76. The molecule has 0 aliphatic rings. The number of oxazole rings is 1. The Kier molecular flexibility index (Phi) is 4.91. The molecule has 1 N–H and O–H groups in total. The zero-order valence-electron chi connectivity index (χ0n) is 13.7. The number of aliphatic imine (C=N–C) groups is 1. The van der Waals surface area contributed by atoms with Crippen molar-refractivity contribution in [3.63, 3.8) is 0 Å². The Bertz CT molecular complexity index is 1170. The second kappa shape index (κ2) is 7.35. The highest BCUT2D eigenvalue weighted by Gasteiger charge is 2.09. The highest BCUT2D eigenvalue weighted by atomic mass is 79.9. The first-order valence-corrected chi connectivity index (χ1v) is 9.43. The molecule has 0 saturated heterocycles. The Labute approximate surface area is 173 Å². The van der Waals surface area contributed by atoms with E-state index >= 15 is 0 Å². The highest BCUT2D eigenvalue weighted by molar-refractivity contribution is 9.10. The van der Waals surface area contributed by atoms with Gasteiger partial charge in [-0.2, -0.15) is 0 Å². The zero-order valence-corrected chi connectivity index (χ0v) is 16.8. The summed E-state index contributed by atoms with van der Waals surface area (Å²) in [6.45, 7) is 0. The van der Waals surface area contributed by atoms with E-state index in [1.54, 1.807) is 36.5 Å². The van der Waals surface area contributed by atoms with E-state index in [1.807, 2.05) is 24.3 Å². The molecule has 3 aromatic carbocycles. The van der Waals surface area contributed by atoms with Crippen LogP contribution in [0.3, 0.4) is 0 Å². The maximum absolute atomic E-state index is 10.1. The van der Waals surface area contributed by atoms with Crippen LogP contribution in [0.5, 0.6) is 5.75 Å². The first-order chi connectivity index (χ1) is 13.0. The smallest absolute Gasteiger partial charge is 0.227 e. The number of rotatable bonds is 3. The molecule has 0 amide bonds. The molecule has 0 aliphatic carbocycles. The molecule has 134 valence electrons. The minimum absolute atomic E-state index is 0.0879. The molecule has 4 aromatic rings. The Morgan fingerprint density at radius 3 is 2.56 bits per heavy atom. The number of aromatic nitrogens is 1. The summed E-state index contributed by atoms with van der Waals surface area (Å²) in [4.78, 5) is 8.83. The number of phenolic OH excluding ortho intramolecular Hbond substituents is 1. The molecule has 27 heavy (non-hydrogen) atoms. The van der Waals surface area contributed by atoms with Crippen molar-refractivity contribution in [2.75, 3.05) is 0 Å². The van der Waals surface area contributed by atoms with Crippen molar-refractivity contribution < 1.29 is 9.52 Å². The van der Waals surface area contributed by atoms with Gasteiger partial charge in [0, 0.05) is 27.4 Å². The summed E-state index contributed by atoms with van der Waals surface area (Å²) in [5.74, 6) is 0.601. The molecule has 4 rings (SSSR count). The molecule has 0 saturated carbocycles. The van der Waals surface area contributed by atoms with Crippen LogP contribution in [0.15, 0.2) is 68.5 Å². The summed E-state index contributed by atoms with van der Waals surface area (Å²) in [6.07, 6.45) is 1.56. The summed E-state index contributed by atoms with van der Waals surface area (Å²) < 4.78 is 6.28. The number of hydrogen-bond donors (Lipinski definition) is 1. The van der Waals surface area contributed by atoms with Crippen LogP contribution in [0.2, 0.25) is 10.0 Å². The number of benzene rings is 3. The molecule has 0 radical (unpaired) electrons. The summed E-state index contributed by atoms with van der Waals surface area (Å²) in [5.41, 5.74) is 3.46. The Balaban J connectivity index is 1.60. The summed E-state index contributed by atoms with van der Waals surface area (Å²) >= 11 is 15.2. The van der Waals surface area contributed by atoms with E-state index in [4.69, 9.17) is 27.6 Å². The molecule has 0 bridgehead atoms. The van der Waals surface area contributed by atoms with Gasteiger partial charge >= 0.3 is 0 Å². The summed E-state index contributed by atoms with van der Waals surface area (Å²) in [7, 11) is 0. The quantitative estimate of drug-likeness (QED) is 0.333. The fourth-order valence-electron chi connectivity index (χ4n) is 2.54. The van der Waals surface area contributed by atoms with E-state index in [1.165, 1.54) is 0 Å². The molecule has 0 atom stereocenters. The van der Waals surface area contributed by atoms with Crippen molar-refractivity contribution in [2.45, 2.75) is 0 Å². The molecule has 1 heterocycles. The van der Waals surface area contributed by atoms with Crippen molar-refractivity contribution in [2.24, 2.45) is 4.99 Å². The summed E-state index contributed by atoms with van der Waals surface area (Å²) in [5, 5.41) is 11.2. The largest absolute Gasteiger partial charge is 0.506 e. The number of halogens is 3. The fourth-order valence-corrected chi connectivity index (χ4v) is 3.54. The third-order valence-electron chi connectivity index (χ3n) is 3.87. The van der Waals surface area contributed by atoms with Crippen LogP contribution in [-0.2, 0) is 0 Å². The van der Waals surface area contributed by atoms with Crippen molar-refractivity contribution in [3.05, 3.63) is 74.7 Å². The third-order valence-corrected chi connectivity index (χ3v) is 4.93. The molecule has 0 spiro atoms. The topological polar surface area (TPSA) is 58.6 Å². The van der Waals surface area contributed by atoms with Crippen molar-refractivity contribution in [1.29, 1.82) is 0 Å². The second-order valence-corrected chi connectivity index (χ2v) is 7.49. The van der Waals surface area contributed by atoms with Crippen LogP contribution < -0.4 is 0 Å². The van der Waals surface area contributed by atoms with Crippen LogP contribution in [0.1, 0.15) is 5.56 Å². The van der Waals surface area contributed by atoms with Gasteiger partial charge in [0.15, 0.2) is 5.58 Å². The number of phenols is 1. The third kappa shape index (κ3) is 3.86. The van der Waals surface area contributed by atoms with Crippen molar-refractivity contribution >= 4 is 62.1 Å². The minimum Gasteiger partial charge on any atom is -0.506 e. The first kappa shape index (κ1) is 18.0. The monoisotopic (exact) mass is 460 g/mol. The van der Waals surface area contributed by atoms with Gasteiger partial charge in [-0.3, -0.25) is 4.99 Å². The van der Waals surface area contributed by atoms with Crippen LogP contribution in [0.4, 0.5) is 5.69 Å². The van der Waals surface area contributed by atoms with Crippen molar-refractivity contribution in [3.8, 4) is 17.2 Å². The van der Waals surface area contributed by atoms with Crippen LogP contribution in [-0.4, -0.2) is 16.3 Å². The molecular formula is C20H11BrCl2N2O2. The van der Waals surface area contributed by atoms with Crippen LogP contribution >= 0.6 is 39.1 Å². The van der Waals surface area contributed by atoms with Crippen molar-refractivity contribution in [1.82, 2.24) is 4.98 Å². The molecule has 7 heteroatoms. The average molecular weight is 462 g/mol. The number of fused-ring (bicyclic) bond motifs is 1. The predicted molar refractivity (Wildman–Crippen MR) is 113 cm³/mol. The van der Waals surface area contributed by atoms with E-state index in [9.17, 15) is 5.11 Å². The lowest BCUT2D eigenvalue weighted by Gasteiger charge is -2.02. The van der Waals surface area contributed by atoms with Gasteiger partial charge in [-0.05, 0) is 70.5 Å². The Morgan fingerprint density at radius 2 is 1.78 bits per heavy atom. The SMILES string of the molecule is Oc1c(Br)cc(Cl)cc1C=Nc1ccc(-c2nc3cc(Cl)ccc3o2)cc1.